The van der Waals surface area contributed by atoms with Crippen molar-refractivity contribution in [1.82, 2.24) is 0 Å². The summed E-state index contributed by atoms with van der Waals surface area (Å²) >= 11 is 0. The molecule has 2 nitrogen and oxygen atoms in total. The van der Waals surface area contributed by atoms with E-state index in [4.69, 9.17) is 0 Å². The van der Waals surface area contributed by atoms with E-state index < -0.39 is 11.5 Å². The van der Waals surface area contributed by atoms with Gasteiger partial charge in [-0.15, -0.1) is 0 Å². The minimum atomic E-state index is -0.516. The summed E-state index contributed by atoms with van der Waals surface area (Å²) < 4.78 is 0. The van der Waals surface area contributed by atoms with E-state index in [1.807, 2.05) is 0 Å². The van der Waals surface area contributed by atoms with Crippen molar-refractivity contribution in [3.8, 4) is 0 Å². The van der Waals surface area contributed by atoms with E-state index in [1.54, 1.807) is 0 Å². The number of aliphatic hydroxyl groups is 1. The Morgan fingerprint density at radius 1 is 0.844 bits per heavy atom. The Balaban J connectivity index is 1.40. The monoisotopic (exact) mass is 442 g/mol. The zero-order valence-electron chi connectivity index (χ0n) is 21.9. The van der Waals surface area contributed by atoms with Crippen LogP contribution in [0.4, 0.5) is 0 Å². The van der Waals surface area contributed by atoms with Gasteiger partial charge in [-0.3, -0.25) is 0 Å². The predicted octanol–water partition coefficient (Wildman–Crippen LogP) is 7.43. The maximum atomic E-state index is 12.2. The zero-order valence-corrected chi connectivity index (χ0v) is 21.9. The van der Waals surface area contributed by atoms with Crippen molar-refractivity contribution in [1.29, 1.82) is 0 Å². The van der Waals surface area contributed by atoms with Crippen molar-refractivity contribution in [3.05, 3.63) is 0 Å². The lowest BCUT2D eigenvalue weighted by atomic mass is 9.41. The maximum Gasteiger partial charge on any atom is 0.128 e. The van der Waals surface area contributed by atoms with E-state index in [-0.39, 0.29) is 0 Å². The standard InChI is InChI=1S/C30H50O2/c1-20(2)8-7-9-21(3)22-12-14-28(6)24-11-10-23-26(4,19-31)25(32)13-15-29(23)18-30(24,29)17-16-27(22,28)5/h19-25,32H,7-18H2,1-6H3/t21-,22-,23+,24+,25+,26+,27-,28+,29-,30+/m1/s1. The van der Waals surface area contributed by atoms with Gasteiger partial charge in [0, 0.05) is 0 Å². The molecule has 0 unspecified atom stereocenters. The fourth-order valence-electron chi connectivity index (χ4n) is 11.3. The van der Waals surface area contributed by atoms with Crippen molar-refractivity contribution >= 4 is 6.29 Å². The van der Waals surface area contributed by atoms with Crippen molar-refractivity contribution in [3.63, 3.8) is 0 Å². The second-order valence-electron chi connectivity index (χ2n) is 14.5. The summed E-state index contributed by atoms with van der Waals surface area (Å²) in [7, 11) is 0. The van der Waals surface area contributed by atoms with E-state index >= 15 is 0 Å². The molecule has 5 fully saturated rings. The summed E-state index contributed by atoms with van der Waals surface area (Å²) in [6.07, 6.45) is 16.4. The minimum absolute atomic E-state index is 0.357. The quantitative estimate of drug-likeness (QED) is 0.434. The van der Waals surface area contributed by atoms with Crippen LogP contribution in [0.25, 0.3) is 0 Å². The molecule has 0 heterocycles. The number of hydrogen-bond acceptors (Lipinski definition) is 2. The molecule has 5 aliphatic carbocycles. The van der Waals surface area contributed by atoms with Crippen LogP contribution in [0.2, 0.25) is 0 Å². The van der Waals surface area contributed by atoms with Gasteiger partial charge in [0.05, 0.1) is 11.5 Å². The Bertz CT molecular complexity index is 760. The summed E-state index contributed by atoms with van der Waals surface area (Å²) in [6, 6.07) is 0. The third-order valence-electron chi connectivity index (χ3n) is 13.2. The number of aldehydes is 1. The van der Waals surface area contributed by atoms with Gasteiger partial charge in [0.1, 0.15) is 6.29 Å². The Morgan fingerprint density at radius 2 is 1.53 bits per heavy atom. The molecular weight excluding hydrogens is 392 g/mol. The highest BCUT2D eigenvalue weighted by Gasteiger charge is 2.82. The summed E-state index contributed by atoms with van der Waals surface area (Å²) in [6.45, 7) is 14.8. The molecule has 0 amide bonds. The Labute approximate surface area is 197 Å². The van der Waals surface area contributed by atoms with Crippen molar-refractivity contribution < 1.29 is 9.90 Å². The second-order valence-corrected chi connectivity index (χ2v) is 14.5. The maximum absolute atomic E-state index is 12.2. The van der Waals surface area contributed by atoms with Gasteiger partial charge in [-0.25, -0.2) is 0 Å². The first kappa shape index (κ1) is 23.4. The molecule has 5 aliphatic rings. The van der Waals surface area contributed by atoms with Gasteiger partial charge in [-0.05, 0) is 109 Å². The molecule has 182 valence electrons. The SMILES string of the molecule is CC(C)CCC[C@@H](C)[C@H]1CC[C@@]2(C)[C@@H]3CC[C@H]4[C@](C)(C=O)[C@@H](O)CC[C@@]45C[C@@]35CC[C@]12C. The number of rotatable bonds is 6. The lowest BCUT2D eigenvalue weighted by Gasteiger charge is -2.63. The first-order valence-corrected chi connectivity index (χ1v) is 14.2. The molecule has 0 aromatic carbocycles. The minimum Gasteiger partial charge on any atom is -0.392 e. The molecule has 2 heteroatoms. The van der Waals surface area contributed by atoms with E-state index in [0.29, 0.717) is 27.6 Å². The first-order chi connectivity index (χ1) is 15.0. The average molecular weight is 443 g/mol. The summed E-state index contributed by atoms with van der Waals surface area (Å²) in [5.74, 6) is 3.81. The van der Waals surface area contributed by atoms with Crippen LogP contribution in [0.1, 0.15) is 119 Å². The molecular formula is C30H50O2. The highest BCUT2D eigenvalue weighted by atomic mass is 16.3. The van der Waals surface area contributed by atoms with Crippen molar-refractivity contribution in [2.75, 3.05) is 0 Å². The fourth-order valence-corrected chi connectivity index (χ4v) is 11.3. The summed E-state index contributed by atoms with van der Waals surface area (Å²) in [5.41, 5.74) is 1.27. The van der Waals surface area contributed by atoms with Crippen LogP contribution in [0, 0.1) is 56.7 Å². The zero-order chi connectivity index (χ0) is 23.2. The summed E-state index contributed by atoms with van der Waals surface area (Å²) in [5, 5.41) is 10.8. The van der Waals surface area contributed by atoms with Gasteiger partial charge in [0.15, 0.2) is 0 Å². The normalized spacial score (nSPS) is 54.9. The van der Waals surface area contributed by atoms with E-state index in [0.717, 1.165) is 36.4 Å². The highest BCUT2D eigenvalue weighted by Crippen LogP contribution is 2.89. The average Bonchev–Trinajstić information content (AvgIpc) is 3.33. The number of aliphatic hydroxyl groups excluding tert-OH is 1. The number of carbonyl (C=O) groups excluding carboxylic acids is 1. The van der Waals surface area contributed by atoms with Gasteiger partial charge in [-0.1, -0.05) is 60.8 Å². The molecule has 5 saturated carbocycles. The van der Waals surface area contributed by atoms with Gasteiger partial charge in [0.2, 0.25) is 0 Å². The van der Waals surface area contributed by atoms with Gasteiger partial charge in [0.25, 0.3) is 0 Å². The van der Waals surface area contributed by atoms with E-state index in [1.165, 1.54) is 70.6 Å². The molecule has 0 bridgehead atoms. The molecule has 0 saturated heterocycles. The number of hydrogen-bond donors (Lipinski definition) is 1. The predicted molar refractivity (Wildman–Crippen MR) is 131 cm³/mol. The third kappa shape index (κ3) is 2.71. The Hall–Kier alpha value is -0.370. The molecule has 10 atom stereocenters. The van der Waals surface area contributed by atoms with Crippen molar-refractivity contribution in [2.24, 2.45) is 56.7 Å². The fraction of sp³-hybridized carbons (Fsp3) is 0.967. The van der Waals surface area contributed by atoms with E-state index in [9.17, 15) is 9.90 Å². The van der Waals surface area contributed by atoms with Crippen LogP contribution in [0.5, 0.6) is 0 Å². The van der Waals surface area contributed by atoms with Crippen LogP contribution in [-0.4, -0.2) is 17.5 Å². The number of carbonyl (C=O) groups is 1. The molecule has 5 rings (SSSR count). The van der Waals surface area contributed by atoms with Crippen LogP contribution in [0.15, 0.2) is 0 Å². The van der Waals surface area contributed by atoms with Crippen LogP contribution in [-0.2, 0) is 4.79 Å². The summed E-state index contributed by atoms with van der Waals surface area (Å²) in [4.78, 5) is 12.2. The first-order valence-electron chi connectivity index (χ1n) is 14.2. The van der Waals surface area contributed by atoms with Gasteiger partial charge >= 0.3 is 0 Å². The van der Waals surface area contributed by atoms with E-state index in [2.05, 4.69) is 41.5 Å². The lowest BCUT2D eigenvalue weighted by Crippen LogP contribution is -2.58. The van der Waals surface area contributed by atoms with Gasteiger partial charge < -0.3 is 9.90 Å². The highest BCUT2D eigenvalue weighted by molar-refractivity contribution is 5.62. The van der Waals surface area contributed by atoms with Crippen LogP contribution < -0.4 is 0 Å². The molecule has 32 heavy (non-hydrogen) atoms. The molecule has 0 aromatic rings. The van der Waals surface area contributed by atoms with Crippen LogP contribution in [0.3, 0.4) is 0 Å². The molecule has 0 aromatic heterocycles. The Kier molecular flexibility index (Phi) is 5.34. The van der Waals surface area contributed by atoms with Crippen molar-refractivity contribution in [2.45, 2.75) is 125 Å². The number of fused-ring (bicyclic) bond motifs is 2. The third-order valence-corrected chi connectivity index (χ3v) is 13.2. The molecule has 2 spiro atoms. The lowest BCUT2D eigenvalue weighted by molar-refractivity contribution is -0.168. The second kappa shape index (κ2) is 7.32. The Morgan fingerprint density at radius 3 is 2.22 bits per heavy atom. The smallest absolute Gasteiger partial charge is 0.128 e. The molecule has 1 N–H and O–H groups in total. The largest absolute Gasteiger partial charge is 0.392 e. The molecule has 0 aliphatic heterocycles. The van der Waals surface area contributed by atoms with Gasteiger partial charge in [-0.2, -0.15) is 0 Å². The van der Waals surface area contributed by atoms with Crippen LogP contribution >= 0.6 is 0 Å². The molecule has 0 radical (unpaired) electrons. The topological polar surface area (TPSA) is 37.3 Å².